The van der Waals surface area contributed by atoms with E-state index in [1.54, 1.807) is 0 Å². The van der Waals surface area contributed by atoms with Gasteiger partial charge in [-0.15, -0.1) is 0 Å². The Labute approximate surface area is 135 Å². The Morgan fingerprint density at radius 2 is 1.78 bits per heavy atom. The molecule has 0 N–H and O–H groups in total. The van der Waals surface area contributed by atoms with Crippen molar-refractivity contribution >= 4 is 10.0 Å². The van der Waals surface area contributed by atoms with Gasteiger partial charge in [-0.3, -0.25) is 0 Å². The van der Waals surface area contributed by atoms with E-state index in [0.717, 1.165) is 12.8 Å². The van der Waals surface area contributed by atoms with E-state index in [0.29, 0.717) is 19.1 Å². The molecule has 2 rings (SSSR count). The fourth-order valence-electron chi connectivity index (χ4n) is 2.62. The zero-order valence-electron chi connectivity index (χ0n) is 13.3. The van der Waals surface area contributed by atoms with Crippen LogP contribution in [0.5, 0.6) is 5.75 Å². The summed E-state index contributed by atoms with van der Waals surface area (Å²) in [6.07, 6.45) is -0.972. The third kappa shape index (κ3) is 4.62. The summed E-state index contributed by atoms with van der Waals surface area (Å²) in [4.78, 5) is 2.27. The Hall–Kier alpha value is -1.25. The molecule has 8 heteroatoms. The number of halogens is 2. The molecule has 1 aromatic carbocycles. The van der Waals surface area contributed by atoms with E-state index in [2.05, 4.69) is 4.90 Å². The summed E-state index contributed by atoms with van der Waals surface area (Å²) >= 11 is 0. The van der Waals surface area contributed by atoms with Crippen molar-refractivity contribution in [1.29, 1.82) is 0 Å². The summed E-state index contributed by atoms with van der Waals surface area (Å²) in [5.41, 5.74) is 0. The van der Waals surface area contributed by atoms with Gasteiger partial charge in [-0.25, -0.2) is 17.2 Å². The van der Waals surface area contributed by atoms with Crippen LogP contribution in [0, 0.1) is 0 Å². The molecule has 1 heterocycles. The largest absolute Gasteiger partial charge is 0.488 e. The van der Waals surface area contributed by atoms with Crippen molar-refractivity contribution in [2.45, 2.75) is 30.2 Å². The average molecular weight is 348 g/mol. The molecule has 1 aromatic rings. The van der Waals surface area contributed by atoms with E-state index in [-0.39, 0.29) is 10.6 Å². The molecule has 0 aromatic heterocycles. The summed E-state index contributed by atoms with van der Waals surface area (Å²) in [6, 6.07) is 6.00. The molecule has 0 unspecified atom stereocenters. The van der Waals surface area contributed by atoms with Crippen molar-refractivity contribution in [2.75, 3.05) is 33.8 Å². The minimum atomic E-state index is -3.55. The molecule has 1 aliphatic heterocycles. The fourth-order valence-corrected chi connectivity index (χ4v) is 4.08. The number of alkyl halides is 2. The number of piperidine rings is 1. The highest BCUT2D eigenvalue weighted by atomic mass is 32.2. The standard InChI is InChI=1S/C15H22F2N2O3S/c1-18(2)12-7-9-19(10-8-12)23(20,21)14-5-3-13(4-6-14)22-11-15(16)17/h3-6,12,15H,7-11H2,1-2H3. The van der Waals surface area contributed by atoms with Gasteiger partial charge in [0.15, 0.2) is 0 Å². The first kappa shape index (κ1) is 18.1. The van der Waals surface area contributed by atoms with Crippen LogP contribution in [0.25, 0.3) is 0 Å². The SMILES string of the molecule is CN(C)C1CCN(S(=O)(=O)c2ccc(OCC(F)F)cc2)CC1. The van der Waals surface area contributed by atoms with Crippen LogP contribution < -0.4 is 4.74 Å². The van der Waals surface area contributed by atoms with Gasteiger partial charge in [0.2, 0.25) is 10.0 Å². The highest BCUT2D eigenvalue weighted by molar-refractivity contribution is 7.89. The molecule has 1 aliphatic rings. The summed E-state index contributed by atoms with van der Waals surface area (Å²) in [5.74, 6) is 0.232. The minimum absolute atomic E-state index is 0.158. The number of nitrogens with zero attached hydrogens (tertiary/aromatic N) is 2. The van der Waals surface area contributed by atoms with Crippen LogP contribution in [-0.4, -0.2) is 63.9 Å². The lowest BCUT2D eigenvalue weighted by molar-refractivity contribution is 0.0819. The second kappa shape index (κ2) is 7.55. The lowest BCUT2D eigenvalue weighted by atomic mass is 10.1. The predicted molar refractivity (Wildman–Crippen MR) is 83.4 cm³/mol. The number of ether oxygens (including phenoxy) is 1. The van der Waals surface area contributed by atoms with Gasteiger partial charge in [-0.05, 0) is 51.2 Å². The van der Waals surface area contributed by atoms with Crippen molar-refractivity contribution in [1.82, 2.24) is 9.21 Å². The highest BCUT2D eigenvalue weighted by Crippen LogP contribution is 2.24. The van der Waals surface area contributed by atoms with Gasteiger partial charge in [0.05, 0.1) is 4.90 Å². The van der Waals surface area contributed by atoms with E-state index < -0.39 is 23.1 Å². The first-order valence-electron chi connectivity index (χ1n) is 7.48. The zero-order chi connectivity index (χ0) is 17.0. The van der Waals surface area contributed by atoms with E-state index >= 15 is 0 Å². The lowest BCUT2D eigenvalue weighted by Gasteiger charge is -2.34. The molecule has 0 spiro atoms. The van der Waals surface area contributed by atoms with Crippen molar-refractivity contribution in [3.8, 4) is 5.75 Å². The number of sulfonamides is 1. The molecule has 0 bridgehead atoms. The lowest BCUT2D eigenvalue weighted by Crippen LogP contribution is -2.44. The molecule has 0 saturated carbocycles. The molecular weight excluding hydrogens is 326 g/mol. The van der Waals surface area contributed by atoms with Gasteiger partial charge < -0.3 is 9.64 Å². The van der Waals surface area contributed by atoms with Gasteiger partial charge in [-0.2, -0.15) is 4.31 Å². The predicted octanol–water partition coefficient (Wildman–Crippen LogP) is 2.05. The molecule has 23 heavy (non-hydrogen) atoms. The second-order valence-electron chi connectivity index (χ2n) is 5.77. The highest BCUT2D eigenvalue weighted by Gasteiger charge is 2.29. The number of hydrogen-bond acceptors (Lipinski definition) is 4. The van der Waals surface area contributed by atoms with Crippen molar-refractivity contribution in [3.05, 3.63) is 24.3 Å². The zero-order valence-corrected chi connectivity index (χ0v) is 14.1. The van der Waals surface area contributed by atoms with Gasteiger partial charge in [0.25, 0.3) is 6.43 Å². The Kier molecular flexibility index (Phi) is 5.94. The average Bonchev–Trinajstić information content (AvgIpc) is 2.53. The van der Waals surface area contributed by atoms with E-state index in [1.165, 1.54) is 28.6 Å². The van der Waals surface area contributed by atoms with Crippen LogP contribution in [0.1, 0.15) is 12.8 Å². The maximum absolute atomic E-state index is 12.6. The van der Waals surface area contributed by atoms with Gasteiger partial charge in [0.1, 0.15) is 12.4 Å². The van der Waals surface area contributed by atoms with Crippen LogP contribution in [0.15, 0.2) is 29.2 Å². The molecule has 1 saturated heterocycles. The third-order valence-corrected chi connectivity index (χ3v) is 5.90. The fraction of sp³-hybridized carbons (Fsp3) is 0.600. The molecule has 0 atom stereocenters. The van der Waals surface area contributed by atoms with E-state index in [1.807, 2.05) is 14.1 Å². The molecule has 0 radical (unpaired) electrons. The maximum atomic E-state index is 12.6. The molecule has 0 aliphatic carbocycles. The van der Waals surface area contributed by atoms with Gasteiger partial charge >= 0.3 is 0 Å². The Morgan fingerprint density at radius 3 is 2.26 bits per heavy atom. The smallest absolute Gasteiger partial charge is 0.272 e. The molecule has 0 amide bonds. The summed E-state index contributed by atoms with van der Waals surface area (Å²) in [7, 11) is 0.438. The quantitative estimate of drug-likeness (QED) is 0.789. The monoisotopic (exact) mass is 348 g/mol. The topological polar surface area (TPSA) is 49.9 Å². The Bertz CT molecular complexity index is 598. The van der Waals surface area contributed by atoms with E-state index in [9.17, 15) is 17.2 Å². The van der Waals surface area contributed by atoms with Gasteiger partial charge in [0, 0.05) is 19.1 Å². The summed E-state index contributed by atoms with van der Waals surface area (Å²) < 4.78 is 55.7. The third-order valence-electron chi connectivity index (χ3n) is 3.99. The Morgan fingerprint density at radius 1 is 1.22 bits per heavy atom. The number of benzene rings is 1. The first-order valence-corrected chi connectivity index (χ1v) is 8.92. The maximum Gasteiger partial charge on any atom is 0.272 e. The Balaban J connectivity index is 2.02. The number of hydrogen-bond donors (Lipinski definition) is 0. The van der Waals surface area contributed by atoms with Crippen LogP contribution in [0.3, 0.4) is 0 Å². The molecule has 5 nitrogen and oxygen atoms in total. The molecular formula is C15H22F2N2O3S. The van der Waals surface area contributed by atoms with Crippen molar-refractivity contribution in [3.63, 3.8) is 0 Å². The summed E-state index contributed by atoms with van der Waals surface area (Å²) in [6.45, 7) is 0.258. The molecule has 1 fully saturated rings. The van der Waals surface area contributed by atoms with Crippen LogP contribution in [-0.2, 0) is 10.0 Å². The minimum Gasteiger partial charge on any atom is -0.488 e. The van der Waals surface area contributed by atoms with Crippen LogP contribution >= 0.6 is 0 Å². The van der Waals surface area contributed by atoms with Crippen molar-refractivity contribution in [2.24, 2.45) is 0 Å². The second-order valence-corrected chi connectivity index (χ2v) is 7.71. The normalized spacial score (nSPS) is 17.8. The summed E-state index contributed by atoms with van der Waals surface area (Å²) in [5, 5.41) is 0. The van der Waals surface area contributed by atoms with Crippen molar-refractivity contribution < 1.29 is 21.9 Å². The molecule has 130 valence electrons. The first-order chi connectivity index (χ1) is 10.8. The number of rotatable bonds is 6. The van der Waals surface area contributed by atoms with E-state index in [4.69, 9.17) is 4.74 Å². The van der Waals surface area contributed by atoms with Gasteiger partial charge in [-0.1, -0.05) is 0 Å². The van der Waals surface area contributed by atoms with Crippen LogP contribution in [0.4, 0.5) is 8.78 Å². The van der Waals surface area contributed by atoms with Crippen LogP contribution in [0.2, 0.25) is 0 Å².